The van der Waals surface area contributed by atoms with E-state index in [1.165, 1.54) is 6.07 Å². The number of hydrogen-bond acceptors (Lipinski definition) is 2. The molecule has 0 aliphatic rings. The third-order valence-corrected chi connectivity index (χ3v) is 2.32. The maximum Gasteiger partial charge on any atom is 0.303 e. The Labute approximate surface area is 86.9 Å². The van der Waals surface area contributed by atoms with E-state index in [4.69, 9.17) is 16.7 Å². The molecule has 0 bridgehead atoms. The molecule has 0 radical (unpaired) electrons. The normalized spacial score (nSPS) is 10.1. The fraction of sp³-hybridized carbons (Fsp3) is 0.300. The smallest absolute Gasteiger partial charge is 0.303 e. The Kier molecular flexibility index (Phi) is 3.36. The van der Waals surface area contributed by atoms with E-state index in [1.54, 1.807) is 6.07 Å². The molecule has 4 heteroatoms. The highest BCUT2D eigenvalue weighted by atomic mass is 35.5. The van der Waals surface area contributed by atoms with Crippen LogP contribution in [-0.4, -0.2) is 16.2 Å². The summed E-state index contributed by atoms with van der Waals surface area (Å²) in [6, 6.07) is 3.15. The summed E-state index contributed by atoms with van der Waals surface area (Å²) >= 11 is 5.68. The minimum atomic E-state index is -0.848. The van der Waals surface area contributed by atoms with E-state index >= 15 is 0 Å². The van der Waals surface area contributed by atoms with Crippen LogP contribution in [0.25, 0.3) is 0 Å². The predicted octanol–water partition coefficient (Wildman–Crippen LogP) is 2.37. The van der Waals surface area contributed by atoms with Crippen LogP contribution in [0.2, 0.25) is 5.02 Å². The van der Waals surface area contributed by atoms with Crippen molar-refractivity contribution in [3.05, 3.63) is 28.3 Å². The number of aromatic hydroxyl groups is 1. The van der Waals surface area contributed by atoms with Gasteiger partial charge in [0, 0.05) is 6.42 Å². The summed E-state index contributed by atoms with van der Waals surface area (Å²) in [5, 5.41) is 18.1. The molecule has 0 heterocycles. The van der Waals surface area contributed by atoms with Gasteiger partial charge in [-0.2, -0.15) is 0 Å². The number of aryl methyl sites for hydroxylation is 2. The number of halogens is 1. The number of carbonyl (C=O) groups is 1. The molecule has 0 fully saturated rings. The number of phenols is 1. The number of carboxylic acid groups (broad SMARTS) is 1. The molecule has 3 nitrogen and oxygen atoms in total. The summed E-state index contributed by atoms with van der Waals surface area (Å²) in [7, 11) is 0. The minimum absolute atomic E-state index is 0.00217. The third kappa shape index (κ3) is 2.64. The van der Waals surface area contributed by atoms with Crippen molar-refractivity contribution in [2.24, 2.45) is 0 Å². The highest BCUT2D eigenvalue weighted by molar-refractivity contribution is 6.32. The van der Waals surface area contributed by atoms with Gasteiger partial charge in [-0.25, -0.2) is 0 Å². The molecule has 76 valence electrons. The van der Waals surface area contributed by atoms with Gasteiger partial charge in [-0.3, -0.25) is 4.79 Å². The topological polar surface area (TPSA) is 57.5 Å². The van der Waals surface area contributed by atoms with Crippen LogP contribution < -0.4 is 0 Å². The molecule has 0 unspecified atom stereocenters. The van der Waals surface area contributed by atoms with Crippen LogP contribution in [0.1, 0.15) is 17.5 Å². The molecular formula is C10H11ClO3. The van der Waals surface area contributed by atoms with Gasteiger partial charge in [0.25, 0.3) is 0 Å². The van der Waals surface area contributed by atoms with Crippen LogP contribution in [0.4, 0.5) is 0 Å². The second-order valence-corrected chi connectivity index (χ2v) is 3.53. The molecule has 0 saturated carbocycles. The lowest BCUT2D eigenvalue weighted by Gasteiger charge is -2.06. The van der Waals surface area contributed by atoms with Gasteiger partial charge in [0.15, 0.2) is 0 Å². The average molecular weight is 215 g/mol. The maximum absolute atomic E-state index is 10.3. The minimum Gasteiger partial charge on any atom is -0.506 e. The van der Waals surface area contributed by atoms with Crippen molar-refractivity contribution in [3.63, 3.8) is 0 Å². The van der Waals surface area contributed by atoms with Crippen LogP contribution in [0, 0.1) is 6.92 Å². The molecule has 0 amide bonds. The maximum atomic E-state index is 10.3. The number of rotatable bonds is 3. The Balaban J connectivity index is 2.87. The van der Waals surface area contributed by atoms with E-state index in [-0.39, 0.29) is 12.2 Å². The lowest BCUT2D eigenvalue weighted by molar-refractivity contribution is -0.136. The fourth-order valence-corrected chi connectivity index (χ4v) is 1.43. The van der Waals surface area contributed by atoms with Crippen molar-refractivity contribution in [2.75, 3.05) is 0 Å². The highest BCUT2D eigenvalue weighted by Crippen LogP contribution is 2.27. The Morgan fingerprint density at radius 2 is 2.14 bits per heavy atom. The number of carboxylic acids is 1. The fourth-order valence-electron chi connectivity index (χ4n) is 1.22. The molecule has 0 aliphatic carbocycles. The van der Waals surface area contributed by atoms with Gasteiger partial charge in [0.1, 0.15) is 5.75 Å². The van der Waals surface area contributed by atoms with Crippen LogP contribution >= 0.6 is 11.6 Å². The average Bonchev–Trinajstić information content (AvgIpc) is 2.09. The number of benzene rings is 1. The van der Waals surface area contributed by atoms with Gasteiger partial charge in [0.05, 0.1) is 5.02 Å². The Hall–Kier alpha value is -1.22. The Bertz CT molecular complexity index is 361. The Morgan fingerprint density at radius 3 is 2.71 bits per heavy atom. The zero-order chi connectivity index (χ0) is 10.7. The third-order valence-electron chi connectivity index (χ3n) is 2.01. The van der Waals surface area contributed by atoms with Crippen molar-refractivity contribution >= 4 is 17.6 Å². The molecule has 0 aliphatic heterocycles. The quantitative estimate of drug-likeness (QED) is 0.812. The summed E-state index contributed by atoms with van der Waals surface area (Å²) in [6.45, 7) is 1.84. The van der Waals surface area contributed by atoms with Crippen LogP contribution in [-0.2, 0) is 11.2 Å². The first-order valence-corrected chi connectivity index (χ1v) is 4.58. The van der Waals surface area contributed by atoms with Crippen molar-refractivity contribution in [1.29, 1.82) is 0 Å². The van der Waals surface area contributed by atoms with E-state index in [1.807, 2.05) is 6.92 Å². The van der Waals surface area contributed by atoms with E-state index < -0.39 is 5.97 Å². The molecule has 0 saturated heterocycles. The number of aliphatic carboxylic acids is 1. The summed E-state index contributed by atoms with van der Waals surface area (Å²) in [5.41, 5.74) is 1.71. The van der Waals surface area contributed by atoms with Gasteiger partial charge in [-0.1, -0.05) is 11.6 Å². The monoisotopic (exact) mass is 214 g/mol. The van der Waals surface area contributed by atoms with E-state index in [0.717, 1.165) is 11.1 Å². The predicted molar refractivity (Wildman–Crippen MR) is 53.8 cm³/mol. The molecular weight excluding hydrogens is 204 g/mol. The molecule has 1 rings (SSSR count). The summed E-state index contributed by atoms with van der Waals surface area (Å²) in [5.74, 6) is -0.850. The Morgan fingerprint density at radius 1 is 1.50 bits per heavy atom. The van der Waals surface area contributed by atoms with E-state index in [9.17, 15) is 9.90 Å². The molecule has 1 aromatic carbocycles. The first kappa shape index (κ1) is 10.9. The summed E-state index contributed by atoms with van der Waals surface area (Å²) < 4.78 is 0. The summed E-state index contributed by atoms with van der Waals surface area (Å²) in [6.07, 6.45) is 0.466. The second-order valence-electron chi connectivity index (χ2n) is 3.12. The van der Waals surface area contributed by atoms with Crippen molar-refractivity contribution < 1.29 is 15.0 Å². The molecule has 14 heavy (non-hydrogen) atoms. The SMILES string of the molecule is Cc1cc(Cl)c(O)cc1CCC(=O)O. The van der Waals surface area contributed by atoms with Gasteiger partial charge in [0.2, 0.25) is 0 Å². The van der Waals surface area contributed by atoms with Gasteiger partial charge < -0.3 is 10.2 Å². The van der Waals surface area contributed by atoms with Crippen molar-refractivity contribution in [2.45, 2.75) is 19.8 Å². The largest absolute Gasteiger partial charge is 0.506 e. The first-order valence-electron chi connectivity index (χ1n) is 4.20. The lowest BCUT2D eigenvalue weighted by atomic mass is 10.0. The standard InChI is InChI=1S/C10H11ClO3/c1-6-4-8(11)9(12)5-7(6)2-3-10(13)14/h4-5,12H,2-3H2,1H3,(H,13,14). The zero-order valence-corrected chi connectivity index (χ0v) is 8.51. The van der Waals surface area contributed by atoms with Gasteiger partial charge in [-0.15, -0.1) is 0 Å². The van der Waals surface area contributed by atoms with Gasteiger partial charge >= 0.3 is 5.97 Å². The van der Waals surface area contributed by atoms with Crippen LogP contribution in [0.3, 0.4) is 0 Å². The van der Waals surface area contributed by atoms with E-state index in [0.29, 0.717) is 11.4 Å². The molecule has 2 N–H and O–H groups in total. The highest BCUT2D eigenvalue weighted by Gasteiger charge is 2.06. The number of hydrogen-bond donors (Lipinski definition) is 2. The van der Waals surface area contributed by atoms with Gasteiger partial charge in [-0.05, 0) is 36.6 Å². The molecule has 1 aromatic rings. The number of phenolic OH excluding ortho intramolecular Hbond substituents is 1. The first-order chi connectivity index (χ1) is 6.50. The van der Waals surface area contributed by atoms with Crippen molar-refractivity contribution in [3.8, 4) is 5.75 Å². The molecule has 0 spiro atoms. The van der Waals surface area contributed by atoms with Crippen LogP contribution in [0.5, 0.6) is 5.75 Å². The zero-order valence-electron chi connectivity index (χ0n) is 7.75. The van der Waals surface area contributed by atoms with Crippen molar-refractivity contribution in [1.82, 2.24) is 0 Å². The molecule has 0 atom stereocenters. The molecule has 0 aromatic heterocycles. The van der Waals surface area contributed by atoms with E-state index in [2.05, 4.69) is 0 Å². The summed E-state index contributed by atoms with van der Waals surface area (Å²) in [4.78, 5) is 10.3. The van der Waals surface area contributed by atoms with Crippen LogP contribution in [0.15, 0.2) is 12.1 Å². The lowest BCUT2D eigenvalue weighted by Crippen LogP contribution is -1.99. The second kappa shape index (κ2) is 4.33.